The van der Waals surface area contributed by atoms with Crippen LogP contribution in [-0.4, -0.2) is 27.3 Å². The summed E-state index contributed by atoms with van der Waals surface area (Å²) in [5.41, 5.74) is 6.76. The quantitative estimate of drug-likeness (QED) is 0.779. The van der Waals surface area contributed by atoms with Crippen molar-refractivity contribution in [2.45, 2.75) is 6.92 Å². The van der Waals surface area contributed by atoms with Crippen LogP contribution in [0.1, 0.15) is 6.92 Å². The Morgan fingerprint density at radius 3 is 2.94 bits per heavy atom. The van der Waals surface area contributed by atoms with Crippen LogP contribution in [0, 0.1) is 0 Å². The Labute approximate surface area is 94.9 Å². The second-order valence-electron chi connectivity index (χ2n) is 3.55. The summed E-state index contributed by atoms with van der Waals surface area (Å²) in [6, 6.07) is 5.00. The highest BCUT2D eigenvalue weighted by atomic mass is 32.2. The summed E-state index contributed by atoms with van der Waals surface area (Å²) in [6.45, 7) is 2.34. The lowest BCUT2D eigenvalue weighted by Crippen LogP contribution is -2.38. The van der Waals surface area contributed by atoms with Gasteiger partial charge in [-0.2, -0.15) is 0 Å². The lowest BCUT2D eigenvalue weighted by molar-refractivity contribution is 0.316. The zero-order valence-electron chi connectivity index (χ0n) is 9.01. The summed E-state index contributed by atoms with van der Waals surface area (Å²) in [6.07, 6.45) is 0. The highest BCUT2D eigenvalue weighted by Crippen LogP contribution is 2.34. The van der Waals surface area contributed by atoms with Crippen molar-refractivity contribution >= 4 is 21.4 Å². The van der Waals surface area contributed by atoms with Gasteiger partial charge in [0.2, 0.25) is 10.0 Å². The number of ether oxygens (including phenoxy) is 1. The van der Waals surface area contributed by atoms with E-state index in [1.54, 1.807) is 25.1 Å². The Hall–Kier alpha value is -1.43. The number of nitrogens with zero attached hydrogens (tertiary/aromatic N) is 1. The molecule has 0 bridgehead atoms. The van der Waals surface area contributed by atoms with Crippen LogP contribution in [0.25, 0.3) is 0 Å². The van der Waals surface area contributed by atoms with E-state index in [1.807, 2.05) is 0 Å². The molecule has 6 heteroatoms. The largest absolute Gasteiger partial charge is 0.489 e. The van der Waals surface area contributed by atoms with Gasteiger partial charge in [-0.3, -0.25) is 4.31 Å². The Morgan fingerprint density at radius 2 is 2.25 bits per heavy atom. The second kappa shape index (κ2) is 3.86. The zero-order valence-corrected chi connectivity index (χ0v) is 9.83. The van der Waals surface area contributed by atoms with Crippen LogP contribution in [0.2, 0.25) is 0 Å². The molecule has 0 aliphatic carbocycles. The van der Waals surface area contributed by atoms with Crippen molar-refractivity contribution in [3.05, 3.63) is 18.2 Å². The minimum absolute atomic E-state index is 0.0802. The molecule has 1 aliphatic rings. The fraction of sp³-hybridized carbons (Fsp3) is 0.400. The van der Waals surface area contributed by atoms with Crippen molar-refractivity contribution in [3.8, 4) is 5.75 Å². The predicted octanol–water partition coefficient (Wildman–Crippen LogP) is 0.817. The average molecular weight is 242 g/mol. The minimum atomic E-state index is -3.23. The van der Waals surface area contributed by atoms with Crippen LogP contribution in [0.15, 0.2) is 18.2 Å². The van der Waals surface area contributed by atoms with Crippen molar-refractivity contribution in [2.75, 3.05) is 28.9 Å². The molecule has 0 fully saturated rings. The van der Waals surface area contributed by atoms with Crippen molar-refractivity contribution < 1.29 is 13.2 Å². The summed E-state index contributed by atoms with van der Waals surface area (Å²) in [5.74, 6) is 0.611. The second-order valence-corrected chi connectivity index (χ2v) is 5.73. The van der Waals surface area contributed by atoms with Crippen molar-refractivity contribution in [1.29, 1.82) is 0 Å². The fourth-order valence-corrected chi connectivity index (χ4v) is 2.77. The molecule has 0 aromatic heterocycles. The lowest BCUT2D eigenvalue weighted by atomic mass is 10.2. The van der Waals surface area contributed by atoms with Gasteiger partial charge in [-0.15, -0.1) is 0 Å². The molecule has 1 aliphatic heterocycles. The molecule has 0 amide bonds. The van der Waals surface area contributed by atoms with E-state index in [9.17, 15) is 8.42 Å². The van der Waals surface area contributed by atoms with E-state index in [0.717, 1.165) is 0 Å². The number of nitrogens with two attached hydrogens (primary N) is 1. The van der Waals surface area contributed by atoms with Crippen LogP contribution in [0.4, 0.5) is 11.4 Å². The van der Waals surface area contributed by atoms with Crippen LogP contribution in [-0.2, 0) is 10.0 Å². The molecule has 5 nitrogen and oxygen atoms in total. The summed E-state index contributed by atoms with van der Waals surface area (Å²) < 4.78 is 30.5. The maximum absolute atomic E-state index is 11.8. The van der Waals surface area contributed by atoms with Gasteiger partial charge >= 0.3 is 0 Å². The van der Waals surface area contributed by atoms with E-state index in [-0.39, 0.29) is 5.75 Å². The first kappa shape index (κ1) is 11.1. The average Bonchev–Trinajstić information content (AvgIpc) is 2.27. The highest BCUT2D eigenvalue weighted by Gasteiger charge is 2.26. The number of hydrogen-bond donors (Lipinski definition) is 1. The number of nitrogen functional groups attached to an aromatic ring is 1. The topological polar surface area (TPSA) is 72.6 Å². The van der Waals surface area contributed by atoms with Crippen LogP contribution in [0.3, 0.4) is 0 Å². The van der Waals surface area contributed by atoms with Gasteiger partial charge in [0.1, 0.15) is 12.4 Å². The van der Waals surface area contributed by atoms with E-state index >= 15 is 0 Å². The van der Waals surface area contributed by atoms with Crippen LogP contribution in [0.5, 0.6) is 5.75 Å². The minimum Gasteiger partial charge on any atom is -0.489 e. The fourth-order valence-electron chi connectivity index (χ4n) is 1.66. The van der Waals surface area contributed by atoms with E-state index in [2.05, 4.69) is 0 Å². The summed E-state index contributed by atoms with van der Waals surface area (Å²) in [5, 5.41) is 0. The monoisotopic (exact) mass is 242 g/mol. The van der Waals surface area contributed by atoms with Gasteiger partial charge in [-0.05, 0) is 19.1 Å². The summed E-state index contributed by atoms with van der Waals surface area (Å²) in [7, 11) is -3.23. The third kappa shape index (κ3) is 1.80. The van der Waals surface area contributed by atoms with Gasteiger partial charge in [0.15, 0.2) is 0 Å². The molecule has 0 atom stereocenters. The van der Waals surface area contributed by atoms with Crippen LogP contribution < -0.4 is 14.8 Å². The lowest BCUT2D eigenvalue weighted by Gasteiger charge is -2.30. The number of benzene rings is 1. The Morgan fingerprint density at radius 1 is 1.50 bits per heavy atom. The number of rotatable bonds is 2. The van der Waals surface area contributed by atoms with Gasteiger partial charge < -0.3 is 10.5 Å². The smallest absolute Gasteiger partial charge is 0.235 e. The van der Waals surface area contributed by atoms with Gasteiger partial charge in [-0.25, -0.2) is 8.42 Å². The molecule has 2 rings (SSSR count). The Kier molecular flexibility index (Phi) is 2.67. The number of anilines is 2. The number of sulfonamides is 1. The molecule has 0 spiro atoms. The summed E-state index contributed by atoms with van der Waals surface area (Å²) in [4.78, 5) is 0. The summed E-state index contributed by atoms with van der Waals surface area (Å²) >= 11 is 0. The number of fused-ring (bicyclic) bond motifs is 1. The third-order valence-corrected chi connectivity index (χ3v) is 4.29. The SMILES string of the molecule is CCS(=O)(=O)N1CCOc2cc(N)ccc21. The van der Waals surface area contributed by atoms with Crippen molar-refractivity contribution in [2.24, 2.45) is 0 Å². The van der Waals surface area contributed by atoms with Crippen molar-refractivity contribution in [1.82, 2.24) is 0 Å². The first-order valence-corrected chi connectivity index (χ1v) is 6.68. The molecule has 0 unspecified atom stereocenters. The van der Waals surface area contributed by atoms with Gasteiger partial charge in [0.05, 0.1) is 18.0 Å². The molecule has 2 N–H and O–H groups in total. The molecule has 0 radical (unpaired) electrons. The van der Waals surface area contributed by atoms with E-state index < -0.39 is 10.0 Å². The Balaban J connectivity index is 2.49. The maximum atomic E-state index is 11.8. The number of hydrogen-bond acceptors (Lipinski definition) is 4. The normalized spacial score (nSPS) is 15.4. The van der Waals surface area contributed by atoms with E-state index in [4.69, 9.17) is 10.5 Å². The van der Waals surface area contributed by atoms with E-state index in [1.165, 1.54) is 4.31 Å². The molecule has 88 valence electrons. The van der Waals surface area contributed by atoms with E-state index in [0.29, 0.717) is 30.3 Å². The van der Waals surface area contributed by atoms with Gasteiger partial charge in [0, 0.05) is 11.8 Å². The van der Waals surface area contributed by atoms with Crippen molar-refractivity contribution in [3.63, 3.8) is 0 Å². The standard InChI is InChI=1S/C10H14N2O3S/c1-2-16(13,14)12-5-6-15-10-7-8(11)3-4-9(10)12/h3-4,7H,2,5-6,11H2,1H3. The molecule has 1 heterocycles. The molecule has 16 heavy (non-hydrogen) atoms. The zero-order chi connectivity index (χ0) is 11.8. The molecule has 1 aromatic carbocycles. The molecular weight excluding hydrogens is 228 g/mol. The molecule has 0 saturated heterocycles. The predicted molar refractivity (Wildman–Crippen MR) is 63.2 cm³/mol. The third-order valence-electron chi connectivity index (χ3n) is 2.51. The van der Waals surface area contributed by atoms with Gasteiger partial charge in [-0.1, -0.05) is 0 Å². The van der Waals surface area contributed by atoms with Crippen LogP contribution >= 0.6 is 0 Å². The Bertz CT molecular complexity index is 499. The molecular formula is C10H14N2O3S. The first-order valence-electron chi connectivity index (χ1n) is 5.07. The highest BCUT2D eigenvalue weighted by molar-refractivity contribution is 7.92. The van der Waals surface area contributed by atoms with Gasteiger partial charge in [0.25, 0.3) is 0 Å². The molecule has 0 saturated carbocycles. The maximum Gasteiger partial charge on any atom is 0.235 e. The molecule has 1 aromatic rings. The first-order chi connectivity index (χ1) is 7.54.